The summed E-state index contributed by atoms with van der Waals surface area (Å²) in [4.78, 5) is 10.5. The van der Waals surface area contributed by atoms with Crippen molar-refractivity contribution in [2.24, 2.45) is 5.41 Å². The van der Waals surface area contributed by atoms with Gasteiger partial charge in [-0.1, -0.05) is 29.7 Å². The van der Waals surface area contributed by atoms with E-state index in [1.807, 2.05) is 0 Å². The molecule has 6 nitrogen and oxygen atoms in total. The van der Waals surface area contributed by atoms with E-state index >= 15 is 0 Å². The van der Waals surface area contributed by atoms with Crippen molar-refractivity contribution in [1.29, 1.82) is 0 Å². The fraction of sp³-hybridized carbons (Fsp3) is 0.913. The van der Waals surface area contributed by atoms with Crippen LogP contribution in [0.25, 0.3) is 0 Å². The van der Waals surface area contributed by atoms with Gasteiger partial charge in [-0.2, -0.15) is 50.5 Å². The maximum absolute atomic E-state index is 5.83. The Morgan fingerprint density at radius 3 is 1.30 bits per heavy atom. The van der Waals surface area contributed by atoms with Gasteiger partial charge in [0.25, 0.3) is 0 Å². The van der Waals surface area contributed by atoms with Crippen LogP contribution < -0.4 is 0 Å². The van der Waals surface area contributed by atoms with Gasteiger partial charge in [-0.3, -0.25) is 0 Å². The van der Waals surface area contributed by atoms with Crippen LogP contribution in [0.1, 0.15) is 42.5 Å². The van der Waals surface area contributed by atoms with E-state index < -0.39 is 5.41 Å². The van der Waals surface area contributed by atoms with E-state index in [2.05, 4.69) is 63.7 Å². The summed E-state index contributed by atoms with van der Waals surface area (Å²) in [6.45, 7) is 10.9. The van der Waals surface area contributed by atoms with Crippen LogP contribution in [-0.2, 0) is 28.7 Å². The third kappa shape index (κ3) is 32.9. The molecule has 0 atom stereocenters. The Morgan fingerprint density at radius 1 is 0.455 bits per heavy atom. The molecule has 0 radical (unpaired) electrons. The smallest absolute Gasteiger partial charge is 0.0945 e. The molecule has 0 aromatic heterocycles. The van der Waals surface area contributed by atoms with Crippen LogP contribution in [0.2, 0.25) is 0 Å². The van der Waals surface area contributed by atoms with Gasteiger partial charge in [0.1, 0.15) is 0 Å². The quantitative estimate of drug-likeness (QED) is 0.0442. The highest BCUT2D eigenvalue weighted by atomic mass is 32.1. The van der Waals surface area contributed by atoms with Crippen molar-refractivity contribution < 1.29 is 28.7 Å². The lowest BCUT2D eigenvalue weighted by atomic mass is 9.92. The van der Waals surface area contributed by atoms with E-state index in [-0.39, 0.29) is 29.7 Å². The molecule has 10 heteroatoms. The molecule has 0 unspecified atom stereocenters. The van der Waals surface area contributed by atoms with Crippen LogP contribution in [0.4, 0.5) is 0 Å². The lowest BCUT2D eigenvalue weighted by Crippen LogP contribution is -2.42. The molecule has 0 aliphatic rings. The van der Waals surface area contributed by atoms with Crippen molar-refractivity contribution >= 4 is 50.5 Å². The van der Waals surface area contributed by atoms with Crippen LogP contribution in [0.5, 0.6) is 0 Å². The summed E-state index contributed by atoms with van der Waals surface area (Å²) in [6, 6.07) is 0. The number of ether oxygens (including phenoxy) is 4. The van der Waals surface area contributed by atoms with Gasteiger partial charge in [0, 0.05) is 24.7 Å². The van der Waals surface area contributed by atoms with Crippen molar-refractivity contribution in [3.8, 4) is 0 Å². The number of hydrogen-bond donors (Lipinski definition) is 4. The molecule has 0 amide bonds. The van der Waals surface area contributed by atoms with Crippen molar-refractivity contribution in [2.75, 3.05) is 89.1 Å². The highest BCUT2D eigenvalue weighted by Gasteiger charge is 2.33. The Bertz CT molecular complexity index is 287. The highest BCUT2D eigenvalue weighted by molar-refractivity contribution is 7.80. The van der Waals surface area contributed by atoms with Gasteiger partial charge in [-0.15, -0.1) is 13.2 Å². The summed E-state index contributed by atoms with van der Waals surface area (Å²) in [6.07, 6.45) is 1.77. The second-order valence-electron chi connectivity index (χ2n) is 5.96. The SMILES string of the molecule is C.C.C.C.C=C.SCCCOCC(COCCCS)(COCCOCCS)COOCCS. The van der Waals surface area contributed by atoms with Gasteiger partial charge in [-0.05, 0) is 24.3 Å². The maximum atomic E-state index is 5.83. The second kappa shape index (κ2) is 40.1. The van der Waals surface area contributed by atoms with Crippen molar-refractivity contribution in [3.05, 3.63) is 13.2 Å². The molecule has 0 fully saturated rings. The van der Waals surface area contributed by atoms with Gasteiger partial charge >= 0.3 is 0 Å². The van der Waals surface area contributed by atoms with Crippen LogP contribution in [0, 0.1) is 5.41 Å². The molecular formula is C23H56O6S4. The fourth-order valence-electron chi connectivity index (χ4n) is 2.00. The Kier molecular flexibility index (Phi) is 57.3. The minimum atomic E-state index is -0.465. The van der Waals surface area contributed by atoms with E-state index in [1.165, 1.54) is 0 Å². The minimum absolute atomic E-state index is 0. The van der Waals surface area contributed by atoms with Crippen molar-refractivity contribution in [1.82, 2.24) is 0 Å². The predicted molar refractivity (Wildman–Crippen MR) is 160 cm³/mol. The van der Waals surface area contributed by atoms with Gasteiger partial charge in [0.15, 0.2) is 0 Å². The highest BCUT2D eigenvalue weighted by Crippen LogP contribution is 2.21. The summed E-state index contributed by atoms with van der Waals surface area (Å²) in [5.41, 5.74) is -0.465. The Hall–Kier alpha value is 0.900. The topological polar surface area (TPSA) is 55.4 Å². The largest absolute Gasteiger partial charge is 0.381 e. The molecule has 0 saturated carbocycles. The molecule has 208 valence electrons. The molecule has 0 heterocycles. The summed E-state index contributed by atoms with van der Waals surface area (Å²) in [7, 11) is 0. The summed E-state index contributed by atoms with van der Waals surface area (Å²) >= 11 is 16.7. The lowest BCUT2D eigenvalue weighted by molar-refractivity contribution is -0.315. The minimum Gasteiger partial charge on any atom is -0.381 e. The average Bonchev–Trinajstić information content (AvgIpc) is 2.75. The standard InChI is InChI=1S/C17H36O6S4.C2H4.4CH4/c24-9-1-3-19-13-17(14-20-4-2-10-25,16-23-22-8-12-27)15-21-6-5-18-7-11-26;1-2;;;;/h24-27H,1-16H2;1-2H2;4*1H4. The van der Waals surface area contributed by atoms with E-state index in [9.17, 15) is 0 Å². The Morgan fingerprint density at radius 2 is 0.879 bits per heavy atom. The molecule has 0 aromatic rings. The van der Waals surface area contributed by atoms with Crippen LogP contribution in [0.15, 0.2) is 13.2 Å². The van der Waals surface area contributed by atoms with Crippen LogP contribution in [-0.4, -0.2) is 89.1 Å². The van der Waals surface area contributed by atoms with E-state index in [0.717, 1.165) is 24.3 Å². The molecule has 0 N–H and O–H groups in total. The van der Waals surface area contributed by atoms with Crippen LogP contribution in [0.3, 0.4) is 0 Å². The van der Waals surface area contributed by atoms with Crippen LogP contribution >= 0.6 is 50.5 Å². The van der Waals surface area contributed by atoms with Gasteiger partial charge in [-0.25, -0.2) is 9.78 Å². The first-order chi connectivity index (χ1) is 14.2. The van der Waals surface area contributed by atoms with Gasteiger partial charge in [0.05, 0.1) is 58.3 Å². The normalized spacial score (nSPS) is 9.94. The summed E-state index contributed by atoms with van der Waals surface area (Å²) in [5, 5.41) is 0. The summed E-state index contributed by atoms with van der Waals surface area (Å²) < 4.78 is 22.9. The maximum Gasteiger partial charge on any atom is 0.0945 e. The molecule has 0 aliphatic heterocycles. The molecule has 33 heavy (non-hydrogen) atoms. The molecule has 0 rings (SSSR count). The predicted octanol–water partition coefficient (Wildman–Crippen LogP) is 5.83. The third-order valence-corrected chi connectivity index (χ3v) is 4.35. The number of hydrogen-bond acceptors (Lipinski definition) is 10. The van der Waals surface area contributed by atoms with E-state index in [0.29, 0.717) is 77.6 Å². The van der Waals surface area contributed by atoms with Crippen molar-refractivity contribution in [3.63, 3.8) is 0 Å². The molecule has 0 aliphatic carbocycles. The fourth-order valence-corrected chi connectivity index (χ4v) is 2.46. The first kappa shape index (κ1) is 47.1. The monoisotopic (exact) mass is 556 g/mol. The zero-order valence-electron chi connectivity index (χ0n) is 17.5. The molecule has 0 saturated heterocycles. The first-order valence-electron chi connectivity index (χ1n) is 9.73. The number of rotatable bonds is 22. The van der Waals surface area contributed by atoms with Crippen molar-refractivity contribution in [2.45, 2.75) is 42.5 Å². The van der Waals surface area contributed by atoms with E-state index in [1.54, 1.807) is 0 Å². The zero-order chi connectivity index (χ0) is 22.1. The first-order valence-corrected chi connectivity index (χ1v) is 12.3. The molecular weight excluding hydrogens is 501 g/mol. The molecule has 0 aromatic carbocycles. The molecule has 0 bridgehead atoms. The van der Waals surface area contributed by atoms with E-state index in [4.69, 9.17) is 28.7 Å². The third-order valence-electron chi connectivity index (χ3n) is 3.35. The van der Waals surface area contributed by atoms with Gasteiger partial charge < -0.3 is 18.9 Å². The average molecular weight is 557 g/mol. The second-order valence-corrected chi connectivity index (χ2v) is 7.74. The van der Waals surface area contributed by atoms with Gasteiger partial charge in [0.2, 0.25) is 0 Å². The molecule has 0 spiro atoms. The Labute approximate surface area is 228 Å². The lowest BCUT2D eigenvalue weighted by Gasteiger charge is -2.32. The Balaban J connectivity index is -0.000000295. The number of thiol groups is 4. The zero-order valence-corrected chi connectivity index (χ0v) is 21.0. The summed E-state index contributed by atoms with van der Waals surface area (Å²) in [5.74, 6) is 2.85.